The zero-order valence-electron chi connectivity index (χ0n) is 14.3. The summed E-state index contributed by atoms with van der Waals surface area (Å²) in [6.07, 6.45) is 1.02. The SMILES string of the molecule is O=C1NCC(c2ccccc2)C1C(=O)N/N=C/c1cc(Cl)cc([N+](=O)[O-])c1O. The van der Waals surface area contributed by atoms with E-state index in [1.807, 2.05) is 30.3 Å². The Kier molecular flexibility index (Phi) is 5.55. The zero-order chi connectivity index (χ0) is 20.3. The molecule has 0 radical (unpaired) electrons. The number of nitrogens with one attached hydrogen (secondary N) is 2. The van der Waals surface area contributed by atoms with Crippen molar-refractivity contribution in [3.8, 4) is 5.75 Å². The summed E-state index contributed by atoms with van der Waals surface area (Å²) >= 11 is 5.80. The Balaban J connectivity index is 1.76. The predicted octanol–water partition coefficient (Wildman–Crippen LogP) is 1.93. The van der Waals surface area contributed by atoms with Crippen molar-refractivity contribution in [1.29, 1.82) is 0 Å². The van der Waals surface area contributed by atoms with Crippen LogP contribution in [-0.4, -0.2) is 34.6 Å². The number of halogens is 1. The summed E-state index contributed by atoms with van der Waals surface area (Å²) in [4.78, 5) is 34.7. The number of rotatable bonds is 5. The average Bonchev–Trinajstić information content (AvgIpc) is 3.06. The van der Waals surface area contributed by atoms with Crippen molar-refractivity contribution in [2.24, 2.45) is 11.0 Å². The van der Waals surface area contributed by atoms with Crippen molar-refractivity contribution in [1.82, 2.24) is 10.7 Å². The number of benzene rings is 2. The molecule has 0 saturated carbocycles. The Bertz CT molecular complexity index is 964. The molecule has 2 aromatic rings. The molecule has 0 aliphatic carbocycles. The summed E-state index contributed by atoms with van der Waals surface area (Å²) in [6, 6.07) is 11.4. The van der Waals surface area contributed by atoms with Crippen molar-refractivity contribution < 1.29 is 19.6 Å². The number of nitro benzene ring substituents is 1. The molecule has 1 fully saturated rings. The van der Waals surface area contributed by atoms with Crippen LogP contribution in [0.1, 0.15) is 17.0 Å². The highest BCUT2D eigenvalue weighted by molar-refractivity contribution is 6.31. The summed E-state index contributed by atoms with van der Waals surface area (Å²) in [5.74, 6) is -2.99. The quantitative estimate of drug-likeness (QED) is 0.304. The van der Waals surface area contributed by atoms with Crippen molar-refractivity contribution in [3.05, 3.63) is 68.7 Å². The Morgan fingerprint density at radius 2 is 2.07 bits per heavy atom. The molecule has 0 spiro atoms. The van der Waals surface area contributed by atoms with Crippen LogP contribution in [-0.2, 0) is 9.59 Å². The van der Waals surface area contributed by atoms with Crippen LogP contribution in [0.5, 0.6) is 5.75 Å². The third-order valence-electron chi connectivity index (χ3n) is 4.35. The average molecular weight is 403 g/mol. The summed E-state index contributed by atoms with van der Waals surface area (Å²) in [6.45, 7) is 0.325. The zero-order valence-corrected chi connectivity index (χ0v) is 15.1. The summed E-state index contributed by atoms with van der Waals surface area (Å²) in [5.41, 5.74) is 2.46. The first-order valence-corrected chi connectivity index (χ1v) is 8.58. The standard InChI is InChI=1S/C18H15ClN4O5/c19-12-6-11(16(24)14(7-12)23(27)28)8-21-22-18(26)15-13(9-20-17(15)25)10-4-2-1-3-5-10/h1-8,13,15,24H,9H2,(H,20,25)(H,22,26)/b21-8+. The van der Waals surface area contributed by atoms with Gasteiger partial charge in [0.1, 0.15) is 5.92 Å². The van der Waals surface area contributed by atoms with Gasteiger partial charge in [-0.05, 0) is 11.6 Å². The molecule has 1 heterocycles. The summed E-state index contributed by atoms with van der Waals surface area (Å²) in [7, 11) is 0. The van der Waals surface area contributed by atoms with Gasteiger partial charge in [-0.1, -0.05) is 41.9 Å². The second kappa shape index (κ2) is 8.05. The van der Waals surface area contributed by atoms with E-state index >= 15 is 0 Å². The molecule has 2 amide bonds. The van der Waals surface area contributed by atoms with Gasteiger partial charge < -0.3 is 10.4 Å². The van der Waals surface area contributed by atoms with Crippen molar-refractivity contribution >= 4 is 35.3 Å². The summed E-state index contributed by atoms with van der Waals surface area (Å²) in [5, 5.41) is 27.2. The molecule has 1 aliphatic rings. The van der Waals surface area contributed by atoms with Crippen molar-refractivity contribution in [3.63, 3.8) is 0 Å². The van der Waals surface area contributed by atoms with Gasteiger partial charge in [-0.15, -0.1) is 0 Å². The maximum absolute atomic E-state index is 12.5. The van der Waals surface area contributed by atoms with Crippen LogP contribution in [0.3, 0.4) is 0 Å². The summed E-state index contributed by atoms with van der Waals surface area (Å²) < 4.78 is 0. The number of hydrogen-bond donors (Lipinski definition) is 3. The van der Waals surface area contributed by atoms with Gasteiger partial charge in [0, 0.05) is 29.1 Å². The van der Waals surface area contributed by atoms with Crippen LogP contribution >= 0.6 is 11.6 Å². The third kappa shape index (κ3) is 3.94. The molecule has 2 unspecified atom stereocenters. The smallest absolute Gasteiger partial charge is 0.312 e. The normalized spacial score (nSPS) is 18.8. The Labute approximate surface area is 164 Å². The van der Waals surface area contributed by atoms with E-state index in [0.29, 0.717) is 6.54 Å². The molecular formula is C18H15ClN4O5. The molecule has 10 heteroatoms. The number of nitrogens with zero attached hydrogens (tertiary/aromatic N) is 2. The third-order valence-corrected chi connectivity index (χ3v) is 4.57. The molecule has 2 aromatic carbocycles. The van der Waals surface area contributed by atoms with E-state index in [0.717, 1.165) is 17.8 Å². The number of hydrogen-bond acceptors (Lipinski definition) is 6. The maximum Gasteiger partial charge on any atom is 0.312 e. The lowest BCUT2D eigenvalue weighted by Crippen LogP contribution is -2.34. The molecule has 9 nitrogen and oxygen atoms in total. The van der Waals surface area contributed by atoms with Crippen LogP contribution in [0, 0.1) is 16.0 Å². The van der Waals surface area contributed by atoms with E-state index in [9.17, 15) is 24.8 Å². The Morgan fingerprint density at radius 1 is 1.36 bits per heavy atom. The van der Waals surface area contributed by atoms with E-state index in [-0.39, 0.29) is 16.5 Å². The highest BCUT2D eigenvalue weighted by Crippen LogP contribution is 2.32. The van der Waals surface area contributed by atoms with Gasteiger partial charge in [-0.2, -0.15) is 5.10 Å². The molecule has 1 saturated heterocycles. The van der Waals surface area contributed by atoms with Crippen LogP contribution in [0.15, 0.2) is 47.6 Å². The van der Waals surface area contributed by atoms with Crippen molar-refractivity contribution in [2.45, 2.75) is 5.92 Å². The molecule has 2 atom stereocenters. The number of phenols is 1. The van der Waals surface area contributed by atoms with E-state index in [1.165, 1.54) is 6.07 Å². The van der Waals surface area contributed by atoms with Crippen LogP contribution in [0.2, 0.25) is 5.02 Å². The lowest BCUT2D eigenvalue weighted by atomic mass is 9.88. The minimum Gasteiger partial charge on any atom is -0.502 e. The number of amides is 2. The minimum absolute atomic E-state index is 0.0246. The predicted molar refractivity (Wildman–Crippen MR) is 101 cm³/mol. The van der Waals surface area contributed by atoms with E-state index < -0.39 is 34.1 Å². The first kappa shape index (κ1) is 19.3. The molecule has 0 bridgehead atoms. The maximum atomic E-state index is 12.5. The van der Waals surface area contributed by atoms with Gasteiger partial charge in [0.2, 0.25) is 11.7 Å². The largest absolute Gasteiger partial charge is 0.502 e. The van der Waals surface area contributed by atoms with Crippen molar-refractivity contribution in [2.75, 3.05) is 6.54 Å². The molecular weight excluding hydrogens is 388 g/mol. The van der Waals surface area contributed by atoms with E-state index in [2.05, 4.69) is 15.8 Å². The lowest BCUT2D eigenvalue weighted by molar-refractivity contribution is -0.385. The number of carbonyl (C=O) groups excluding carboxylic acids is 2. The van der Waals surface area contributed by atoms with Gasteiger partial charge in [-0.3, -0.25) is 19.7 Å². The minimum atomic E-state index is -0.971. The second-order valence-electron chi connectivity index (χ2n) is 6.09. The van der Waals surface area contributed by atoms with Crippen LogP contribution < -0.4 is 10.7 Å². The lowest BCUT2D eigenvalue weighted by Gasteiger charge is -2.15. The van der Waals surface area contributed by atoms with Gasteiger partial charge >= 0.3 is 5.69 Å². The molecule has 3 N–H and O–H groups in total. The molecule has 0 aromatic heterocycles. The number of carbonyl (C=O) groups is 2. The van der Waals surface area contributed by atoms with E-state index in [1.54, 1.807) is 0 Å². The van der Waals surface area contributed by atoms with Crippen LogP contribution in [0.25, 0.3) is 0 Å². The first-order chi connectivity index (χ1) is 13.4. The number of nitro groups is 1. The monoisotopic (exact) mass is 402 g/mol. The van der Waals surface area contributed by atoms with Gasteiger partial charge in [0.05, 0.1) is 11.1 Å². The number of hydrazone groups is 1. The Morgan fingerprint density at radius 3 is 2.75 bits per heavy atom. The molecule has 3 rings (SSSR count). The molecule has 144 valence electrons. The highest BCUT2D eigenvalue weighted by atomic mass is 35.5. The number of phenolic OH excluding ortho intramolecular Hbond substituents is 1. The van der Waals surface area contributed by atoms with Gasteiger partial charge in [0.25, 0.3) is 5.91 Å². The van der Waals surface area contributed by atoms with Gasteiger partial charge in [0.15, 0.2) is 0 Å². The van der Waals surface area contributed by atoms with E-state index in [4.69, 9.17) is 11.6 Å². The fourth-order valence-electron chi connectivity index (χ4n) is 3.01. The molecule has 28 heavy (non-hydrogen) atoms. The first-order valence-electron chi connectivity index (χ1n) is 8.21. The fraction of sp³-hybridized carbons (Fsp3) is 0.167. The molecule has 1 aliphatic heterocycles. The van der Waals surface area contributed by atoms with Gasteiger partial charge in [-0.25, -0.2) is 5.43 Å². The number of aromatic hydroxyl groups is 1. The fourth-order valence-corrected chi connectivity index (χ4v) is 3.23. The second-order valence-corrected chi connectivity index (χ2v) is 6.53. The van der Waals surface area contributed by atoms with Crippen LogP contribution in [0.4, 0.5) is 5.69 Å². The Hall–Kier alpha value is -3.46. The highest BCUT2D eigenvalue weighted by Gasteiger charge is 2.40. The topological polar surface area (TPSA) is 134 Å².